The number of fused-ring (bicyclic) bond motifs is 1. The van der Waals surface area contributed by atoms with Crippen molar-refractivity contribution in [2.24, 2.45) is 0 Å². The molecule has 0 saturated carbocycles. The molecule has 21 heavy (non-hydrogen) atoms. The van der Waals surface area contributed by atoms with Gasteiger partial charge in [-0.15, -0.1) is 0 Å². The van der Waals surface area contributed by atoms with Crippen molar-refractivity contribution in [3.05, 3.63) is 63.4 Å². The Morgan fingerprint density at radius 2 is 2.10 bits per heavy atom. The largest absolute Gasteiger partial charge is 0.489 e. The van der Waals surface area contributed by atoms with Gasteiger partial charge in [0, 0.05) is 10.0 Å². The number of aliphatic hydroxyl groups excluding tert-OH is 1. The molecule has 0 radical (unpaired) electrons. The van der Waals surface area contributed by atoms with Gasteiger partial charge in [0.25, 0.3) is 0 Å². The molecule has 1 N–H and O–H groups in total. The molecule has 110 valence electrons. The fourth-order valence-electron chi connectivity index (χ4n) is 2.66. The zero-order valence-electron chi connectivity index (χ0n) is 11.5. The fourth-order valence-corrected chi connectivity index (χ4v) is 3.07. The first-order chi connectivity index (χ1) is 10.1. The summed E-state index contributed by atoms with van der Waals surface area (Å²) in [5, 5.41) is 10.0. The quantitative estimate of drug-likeness (QED) is 0.880. The van der Waals surface area contributed by atoms with Crippen LogP contribution in [0.25, 0.3) is 0 Å². The highest BCUT2D eigenvalue weighted by Gasteiger charge is 2.18. The maximum absolute atomic E-state index is 13.7. The molecule has 0 heterocycles. The molecule has 0 unspecified atom stereocenters. The van der Waals surface area contributed by atoms with E-state index in [9.17, 15) is 9.50 Å². The average molecular weight is 351 g/mol. The zero-order chi connectivity index (χ0) is 14.8. The molecule has 1 aliphatic rings. The minimum atomic E-state index is -0.417. The molecular formula is C17H16BrFO2. The molecule has 0 bridgehead atoms. The van der Waals surface area contributed by atoms with Gasteiger partial charge in [-0.3, -0.25) is 0 Å². The van der Waals surface area contributed by atoms with Crippen molar-refractivity contribution >= 4 is 15.9 Å². The van der Waals surface area contributed by atoms with Crippen molar-refractivity contribution in [2.75, 3.05) is 0 Å². The van der Waals surface area contributed by atoms with Gasteiger partial charge in [0.2, 0.25) is 0 Å². The number of aryl methyl sites for hydroxylation is 1. The van der Waals surface area contributed by atoms with E-state index in [2.05, 4.69) is 15.9 Å². The standard InChI is InChI=1S/C17H16BrFO2/c18-13-5-7-16(19)12(8-13)10-21-14-6-4-11-2-1-3-17(20)15(11)9-14/h4-9,17,20H,1-3,10H2/t17-/m0/s1. The van der Waals surface area contributed by atoms with Gasteiger partial charge in [-0.1, -0.05) is 22.0 Å². The molecule has 4 heteroatoms. The third-order valence-corrected chi connectivity index (χ3v) is 4.30. The van der Waals surface area contributed by atoms with E-state index in [0.717, 1.165) is 29.3 Å². The highest BCUT2D eigenvalue weighted by atomic mass is 79.9. The van der Waals surface area contributed by atoms with E-state index < -0.39 is 6.10 Å². The van der Waals surface area contributed by atoms with Gasteiger partial charge >= 0.3 is 0 Å². The van der Waals surface area contributed by atoms with Crippen molar-refractivity contribution in [1.82, 2.24) is 0 Å². The van der Waals surface area contributed by atoms with Crippen molar-refractivity contribution in [3.8, 4) is 5.75 Å². The summed E-state index contributed by atoms with van der Waals surface area (Å²) in [5.41, 5.74) is 2.62. The number of hydrogen-bond donors (Lipinski definition) is 1. The molecule has 0 aromatic heterocycles. The normalized spacial score (nSPS) is 17.4. The van der Waals surface area contributed by atoms with E-state index in [0.29, 0.717) is 11.3 Å². The molecule has 0 saturated heterocycles. The maximum Gasteiger partial charge on any atom is 0.129 e. The van der Waals surface area contributed by atoms with Crippen LogP contribution >= 0.6 is 15.9 Å². The van der Waals surface area contributed by atoms with E-state index in [1.54, 1.807) is 12.1 Å². The summed E-state index contributed by atoms with van der Waals surface area (Å²) < 4.78 is 20.2. The lowest BCUT2D eigenvalue weighted by molar-refractivity contribution is 0.156. The lowest BCUT2D eigenvalue weighted by atomic mass is 9.89. The molecule has 2 aromatic carbocycles. The van der Waals surface area contributed by atoms with Crippen LogP contribution in [0.15, 0.2) is 40.9 Å². The van der Waals surface area contributed by atoms with Gasteiger partial charge in [0.1, 0.15) is 18.2 Å². The first kappa shape index (κ1) is 14.5. The highest BCUT2D eigenvalue weighted by molar-refractivity contribution is 9.10. The SMILES string of the molecule is O[C@H]1CCCc2ccc(OCc3cc(Br)ccc3F)cc21. The van der Waals surface area contributed by atoms with Crippen LogP contribution in [0, 0.1) is 5.82 Å². The second-order valence-corrected chi connectivity index (χ2v) is 6.21. The van der Waals surface area contributed by atoms with Crippen LogP contribution in [0.3, 0.4) is 0 Å². The van der Waals surface area contributed by atoms with E-state index >= 15 is 0 Å². The topological polar surface area (TPSA) is 29.5 Å². The lowest BCUT2D eigenvalue weighted by Crippen LogP contribution is -2.09. The molecule has 0 fully saturated rings. The van der Waals surface area contributed by atoms with Gasteiger partial charge in [-0.05, 0) is 60.7 Å². The number of hydrogen-bond acceptors (Lipinski definition) is 2. The Kier molecular flexibility index (Phi) is 4.27. The lowest BCUT2D eigenvalue weighted by Gasteiger charge is -2.22. The van der Waals surface area contributed by atoms with Gasteiger partial charge in [0.15, 0.2) is 0 Å². The van der Waals surface area contributed by atoms with Crippen LogP contribution in [0.1, 0.15) is 35.6 Å². The van der Waals surface area contributed by atoms with E-state index in [4.69, 9.17) is 4.74 Å². The third kappa shape index (κ3) is 3.27. The first-order valence-corrected chi connectivity index (χ1v) is 7.80. The van der Waals surface area contributed by atoms with Crippen LogP contribution in [-0.4, -0.2) is 5.11 Å². The molecule has 1 aliphatic carbocycles. The van der Waals surface area contributed by atoms with Crippen molar-refractivity contribution < 1.29 is 14.2 Å². The van der Waals surface area contributed by atoms with E-state index in [-0.39, 0.29) is 12.4 Å². The van der Waals surface area contributed by atoms with Gasteiger partial charge in [-0.25, -0.2) is 4.39 Å². The second kappa shape index (κ2) is 6.16. The average Bonchev–Trinajstić information content (AvgIpc) is 2.49. The molecule has 0 spiro atoms. The summed E-state index contributed by atoms with van der Waals surface area (Å²) in [7, 11) is 0. The van der Waals surface area contributed by atoms with Crippen LogP contribution in [0.4, 0.5) is 4.39 Å². The van der Waals surface area contributed by atoms with Crippen molar-refractivity contribution in [3.63, 3.8) is 0 Å². The number of aliphatic hydroxyl groups is 1. The summed E-state index contributed by atoms with van der Waals surface area (Å²) in [6.45, 7) is 0.167. The number of ether oxygens (including phenoxy) is 1. The van der Waals surface area contributed by atoms with Crippen LogP contribution in [0.5, 0.6) is 5.75 Å². The van der Waals surface area contributed by atoms with Crippen LogP contribution < -0.4 is 4.74 Å². The Labute approximate surface area is 131 Å². The van der Waals surface area contributed by atoms with Gasteiger partial charge in [0.05, 0.1) is 6.10 Å². The number of halogens is 2. The van der Waals surface area contributed by atoms with E-state index in [1.165, 1.54) is 11.6 Å². The molecule has 3 rings (SSSR count). The Bertz CT molecular complexity index is 657. The summed E-state index contributed by atoms with van der Waals surface area (Å²) >= 11 is 3.32. The molecule has 0 aliphatic heterocycles. The number of rotatable bonds is 3. The molecule has 0 amide bonds. The minimum absolute atomic E-state index is 0.167. The van der Waals surface area contributed by atoms with Gasteiger partial charge in [-0.2, -0.15) is 0 Å². The summed E-state index contributed by atoms with van der Waals surface area (Å²) in [6.07, 6.45) is 2.38. The predicted molar refractivity (Wildman–Crippen MR) is 82.8 cm³/mol. The Balaban J connectivity index is 1.76. The van der Waals surface area contributed by atoms with Crippen molar-refractivity contribution in [2.45, 2.75) is 32.0 Å². The molecule has 1 atom stereocenters. The molecular weight excluding hydrogens is 335 g/mol. The molecule has 2 aromatic rings. The summed E-state index contributed by atoms with van der Waals surface area (Å²) in [6, 6.07) is 10.5. The fraction of sp³-hybridized carbons (Fsp3) is 0.294. The van der Waals surface area contributed by atoms with E-state index in [1.807, 2.05) is 18.2 Å². The third-order valence-electron chi connectivity index (χ3n) is 3.80. The monoisotopic (exact) mass is 350 g/mol. The molecule has 2 nitrogen and oxygen atoms in total. The highest BCUT2D eigenvalue weighted by Crippen LogP contribution is 2.32. The van der Waals surface area contributed by atoms with Crippen LogP contribution in [-0.2, 0) is 13.0 Å². The Hall–Kier alpha value is -1.39. The minimum Gasteiger partial charge on any atom is -0.489 e. The Morgan fingerprint density at radius 1 is 1.24 bits per heavy atom. The number of benzene rings is 2. The van der Waals surface area contributed by atoms with Crippen molar-refractivity contribution in [1.29, 1.82) is 0 Å². The Morgan fingerprint density at radius 3 is 2.95 bits per heavy atom. The first-order valence-electron chi connectivity index (χ1n) is 7.01. The maximum atomic E-state index is 13.7. The summed E-state index contributed by atoms with van der Waals surface area (Å²) in [5.74, 6) is 0.380. The van der Waals surface area contributed by atoms with Gasteiger partial charge < -0.3 is 9.84 Å². The summed E-state index contributed by atoms with van der Waals surface area (Å²) in [4.78, 5) is 0. The van der Waals surface area contributed by atoms with Crippen LogP contribution in [0.2, 0.25) is 0 Å². The second-order valence-electron chi connectivity index (χ2n) is 5.29. The zero-order valence-corrected chi connectivity index (χ0v) is 13.1. The predicted octanol–water partition coefficient (Wildman–Crippen LogP) is 4.54. The smallest absolute Gasteiger partial charge is 0.129 e.